The molecule has 0 N–H and O–H groups in total. The van der Waals surface area contributed by atoms with Crippen molar-refractivity contribution in [2.45, 2.75) is 13.5 Å². The third kappa shape index (κ3) is 3.67. The SMILES string of the molecule is Cc1c(OCc2ccc(Br)cc2)ccc2c1O/C(=C\c1ccccc1)C2=O. The van der Waals surface area contributed by atoms with Gasteiger partial charge in [0.1, 0.15) is 18.1 Å². The van der Waals surface area contributed by atoms with Crippen molar-refractivity contribution in [1.82, 2.24) is 0 Å². The van der Waals surface area contributed by atoms with Crippen molar-refractivity contribution in [1.29, 1.82) is 0 Å². The van der Waals surface area contributed by atoms with Gasteiger partial charge in [-0.15, -0.1) is 0 Å². The number of halogens is 1. The molecule has 27 heavy (non-hydrogen) atoms. The lowest BCUT2D eigenvalue weighted by atomic mass is 10.1. The Morgan fingerprint density at radius 2 is 1.74 bits per heavy atom. The Hall–Kier alpha value is -2.85. The lowest BCUT2D eigenvalue weighted by Crippen LogP contribution is -1.98. The van der Waals surface area contributed by atoms with Gasteiger partial charge in [-0.1, -0.05) is 58.4 Å². The number of allylic oxidation sites excluding steroid dienone is 1. The third-order valence-electron chi connectivity index (χ3n) is 4.44. The number of benzene rings is 3. The maximum absolute atomic E-state index is 12.6. The molecule has 0 aliphatic carbocycles. The van der Waals surface area contributed by atoms with Crippen LogP contribution in [0.15, 0.2) is 77.0 Å². The van der Waals surface area contributed by atoms with Gasteiger partial charge in [-0.2, -0.15) is 0 Å². The molecule has 0 unspecified atom stereocenters. The van der Waals surface area contributed by atoms with E-state index < -0.39 is 0 Å². The molecule has 0 spiro atoms. The first-order chi connectivity index (χ1) is 13.1. The highest BCUT2D eigenvalue weighted by atomic mass is 79.9. The second-order valence-corrected chi connectivity index (χ2v) is 7.25. The van der Waals surface area contributed by atoms with Gasteiger partial charge in [0.25, 0.3) is 0 Å². The molecule has 0 saturated heterocycles. The van der Waals surface area contributed by atoms with E-state index >= 15 is 0 Å². The molecule has 134 valence electrons. The Kier molecular flexibility index (Phi) is 4.82. The molecular formula is C23H17BrO3. The van der Waals surface area contributed by atoms with Crippen LogP contribution in [0.2, 0.25) is 0 Å². The summed E-state index contributed by atoms with van der Waals surface area (Å²) in [5.41, 5.74) is 3.40. The molecule has 0 atom stereocenters. The van der Waals surface area contributed by atoms with Crippen LogP contribution in [0.5, 0.6) is 11.5 Å². The summed E-state index contributed by atoms with van der Waals surface area (Å²) in [6, 6.07) is 21.3. The summed E-state index contributed by atoms with van der Waals surface area (Å²) < 4.78 is 12.9. The van der Waals surface area contributed by atoms with Gasteiger partial charge in [0, 0.05) is 10.0 Å². The zero-order valence-corrected chi connectivity index (χ0v) is 16.3. The maximum atomic E-state index is 12.6. The molecule has 3 aromatic rings. The summed E-state index contributed by atoms with van der Waals surface area (Å²) in [5, 5.41) is 0. The topological polar surface area (TPSA) is 35.5 Å². The van der Waals surface area contributed by atoms with Crippen molar-refractivity contribution < 1.29 is 14.3 Å². The largest absolute Gasteiger partial charge is 0.488 e. The van der Waals surface area contributed by atoms with E-state index in [1.165, 1.54) is 0 Å². The van der Waals surface area contributed by atoms with E-state index in [1.54, 1.807) is 12.1 Å². The van der Waals surface area contributed by atoms with Crippen molar-refractivity contribution in [2.24, 2.45) is 0 Å². The van der Waals surface area contributed by atoms with Gasteiger partial charge in [-0.3, -0.25) is 4.79 Å². The van der Waals surface area contributed by atoms with Crippen molar-refractivity contribution >= 4 is 27.8 Å². The van der Waals surface area contributed by atoms with Crippen LogP contribution in [0.3, 0.4) is 0 Å². The minimum Gasteiger partial charge on any atom is -0.488 e. The van der Waals surface area contributed by atoms with Gasteiger partial charge < -0.3 is 9.47 Å². The van der Waals surface area contributed by atoms with Crippen LogP contribution in [0.1, 0.15) is 27.0 Å². The van der Waals surface area contributed by atoms with E-state index in [0.717, 1.165) is 21.2 Å². The first-order valence-corrected chi connectivity index (χ1v) is 9.41. The number of carbonyl (C=O) groups excluding carboxylic acids is 1. The minimum absolute atomic E-state index is 0.101. The van der Waals surface area contributed by atoms with Crippen LogP contribution in [-0.4, -0.2) is 5.78 Å². The van der Waals surface area contributed by atoms with Crippen molar-refractivity contribution in [2.75, 3.05) is 0 Å². The Morgan fingerprint density at radius 3 is 2.48 bits per heavy atom. The number of ether oxygens (including phenoxy) is 2. The normalized spacial score (nSPS) is 14.1. The van der Waals surface area contributed by atoms with Gasteiger partial charge in [0.15, 0.2) is 5.76 Å². The molecule has 1 aliphatic rings. The van der Waals surface area contributed by atoms with Gasteiger partial charge in [0.05, 0.1) is 5.56 Å². The second-order valence-electron chi connectivity index (χ2n) is 6.33. The number of carbonyl (C=O) groups is 1. The van der Waals surface area contributed by atoms with Gasteiger partial charge >= 0.3 is 0 Å². The van der Waals surface area contributed by atoms with Crippen LogP contribution in [0, 0.1) is 6.92 Å². The molecule has 1 aliphatic heterocycles. The Morgan fingerprint density at radius 1 is 1.00 bits per heavy atom. The molecule has 3 nitrogen and oxygen atoms in total. The number of fused-ring (bicyclic) bond motifs is 1. The molecule has 0 bridgehead atoms. The molecule has 0 aromatic heterocycles. The summed E-state index contributed by atoms with van der Waals surface area (Å²) in [6.45, 7) is 2.36. The zero-order valence-electron chi connectivity index (χ0n) is 14.7. The Bertz CT molecular complexity index is 1020. The first kappa shape index (κ1) is 17.6. The molecule has 0 amide bonds. The number of ketones is 1. The molecule has 1 heterocycles. The number of hydrogen-bond donors (Lipinski definition) is 0. The average molecular weight is 421 g/mol. The standard InChI is InChI=1S/C23H17BrO3/c1-15-20(26-14-17-7-9-18(24)10-8-17)12-11-19-22(25)21(27-23(15)19)13-16-5-3-2-4-6-16/h2-13H,14H2,1H3/b21-13-. The summed E-state index contributed by atoms with van der Waals surface area (Å²) in [7, 11) is 0. The summed E-state index contributed by atoms with van der Waals surface area (Å²) in [6.07, 6.45) is 1.77. The lowest BCUT2D eigenvalue weighted by Gasteiger charge is -2.11. The van der Waals surface area contributed by atoms with Crippen LogP contribution in [0.25, 0.3) is 6.08 Å². The van der Waals surface area contributed by atoms with Crippen molar-refractivity contribution in [3.63, 3.8) is 0 Å². The number of Topliss-reactive ketones (excluding diaryl/α,β-unsaturated/α-hetero) is 1. The third-order valence-corrected chi connectivity index (χ3v) is 4.97. The van der Waals surface area contributed by atoms with Gasteiger partial charge in [0.2, 0.25) is 5.78 Å². The van der Waals surface area contributed by atoms with Crippen LogP contribution in [0.4, 0.5) is 0 Å². The first-order valence-electron chi connectivity index (χ1n) is 8.62. The smallest absolute Gasteiger partial charge is 0.231 e. The predicted molar refractivity (Wildman–Crippen MR) is 109 cm³/mol. The van der Waals surface area contributed by atoms with Gasteiger partial charge in [-0.05, 0) is 48.4 Å². The fourth-order valence-corrected chi connectivity index (χ4v) is 3.23. The fraction of sp³-hybridized carbons (Fsp3) is 0.0870. The minimum atomic E-state index is -0.101. The van der Waals surface area contributed by atoms with Crippen LogP contribution < -0.4 is 9.47 Å². The molecule has 3 aromatic carbocycles. The van der Waals surface area contributed by atoms with Crippen molar-refractivity contribution in [3.8, 4) is 11.5 Å². The maximum Gasteiger partial charge on any atom is 0.231 e. The predicted octanol–water partition coefficient (Wildman–Crippen LogP) is 5.95. The summed E-state index contributed by atoms with van der Waals surface area (Å²) >= 11 is 3.43. The highest BCUT2D eigenvalue weighted by molar-refractivity contribution is 9.10. The summed E-state index contributed by atoms with van der Waals surface area (Å²) in [4.78, 5) is 12.6. The quantitative estimate of drug-likeness (QED) is 0.488. The monoisotopic (exact) mass is 420 g/mol. The average Bonchev–Trinajstić information content (AvgIpc) is 3.00. The van der Waals surface area contributed by atoms with Crippen LogP contribution >= 0.6 is 15.9 Å². The van der Waals surface area contributed by atoms with E-state index in [0.29, 0.717) is 29.4 Å². The molecule has 0 radical (unpaired) electrons. The molecule has 0 saturated carbocycles. The highest BCUT2D eigenvalue weighted by Crippen LogP contribution is 2.39. The molecule has 0 fully saturated rings. The van der Waals surface area contributed by atoms with E-state index in [4.69, 9.17) is 9.47 Å². The fourth-order valence-electron chi connectivity index (χ4n) is 2.97. The molecule has 4 rings (SSSR count). The Labute approximate surface area is 166 Å². The van der Waals surface area contributed by atoms with E-state index in [9.17, 15) is 4.79 Å². The summed E-state index contributed by atoms with van der Waals surface area (Å²) in [5.74, 6) is 1.53. The lowest BCUT2D eigenvalue weighted by molar-refractivity contribution is 0.101. The van der Waals surface area contributed by atoms with Gasteiger partial charge in [-0.25, -0.2) is 0 Å². The Balaban J connectivity index is 1.56. The number of rotatable bonds is 4. The van der Waals surface area contributed by atoms with E-state index in [2.05, 4.69) is 15.9 Å². The van der Waals surface area contributed by atoms with E-state index in [1.807, 2.05) is 67.6 Å². The second kappa shape index (κ2) is 7.41. The number of hydrogen-bond acceptors (Lipinski definition) is 3. The highest BCUT2D eigenvalue weighted by Gasteiger charge is 2.30. The molecule has 4 heteroatoms. The van der Waals surface area contributed by atoms with Crippen molar-refractivity contribution in [3.05, 3.63) is 99.2 Å². The van der Waals surface area contributed by atoms with E-state index in [-0.39, 0.29) is 5.78 Å². The van der Waals surface area contributed by atoms with Crippen LogP contribution in [-0.2, 0) is 6.61 Å². The zero-order chi connectivity index (χ0) is 18.8. The molecular weight excluding hydrogens is 404 g/mol.